The number of aliphatic carboxylic acids is 1. The van der Waals surface area contributed by atoms with Crippen molar-refractivity contribution in [1.82, 2.24) is 10.6 Å². The molecule has 2 amide bonds. The second kappa shape index (κ2) is 5.56. The van der Waals surface area contributed by atoms with Gasteiger partial charge in [0.1, 0.15) is 6.04 Å². The Kier molecular flexibility index (Phi) is 4.56. The van der Waals surface area contributed by atoms with Crippen molar-refractivity contribution in [2.75, 3.05) is 7.11 Å². The van der Waals surface area contributed by atoms with Gasteiger partial charge < -0.3 is 20.5 Å². The van der Waals surface area contributed by atoms with Gasteiger partial charge in [0.15, 0.2) is 0 Å². The average Bonchev–Trinajstić information content (AvgIpc) is 2.17. The number of methoxy groups -OCH3 is 1. The van der Waals surface area contributed by atoms with Gasteiger partial charge >= 0.3 is 12.0 Å². The summed E-state index contributed by atoms with van der Waals surface area (Å²) in [5.74, 6) is -1.03. The normalized spacial score (nSPS) is 24.9. The molecule has 3 N–H and O–H groups in total. The molecular weight excluding hydrogens is 236 g/mol. The highest BCUT2D eigenvalue weighted by Crippen LogP contribution is 2.23. The third-order valence-corrected chi connectivity index (χ3v) is 3.15. The van der Waals surface area contributed by atoms with Gasteiger partial charge in [0.25, 0.3) is 0 Å². The lowest BCUT2D eigenvalue weighted by Crippen LogP contribution is -2.56. The Morgan fingerprint density at radius 2 is 1.89 bits per heavy atom. The van der Waals surface area contributed by atoms with Crippen molar-refractivity contribution >= 4 is 12.0 Å². The van der Waals surface area contributed by atoms with E-state index >= 15 is 0 Å². The molecule has 0 unspecified atom stereocenters. The summed E-state index contributed by atoms with van der Waals surface area (Å²) in [4.78, 5) is 22.8. The molecule has 6 nitrogen and oxygen atoms in total. The fourth-order valence-corrected chi connectivity index (χ4v) is 1.88. The highest BCUT2D eigenvalue weighted by molar-refractivity contribution is 5.83. The highest BCUT2D eigenvalue weighted by atomic mass is 16.5. The first-order valence-electron chi connectivity index (χ1n) is 6.06. The average molecular weight is 258 g/mol. The Labute approximate surface area is 107 Å². The smallest absolute Gasteiger partial charge is 0.326 e. The zero-order valence-corrected chi connectivity index (χ0v) is 11.3. The van der Waals surface area contributed by atoms with Crippen molar-refractivity contribution in [3.8, 4) is 0 Å². The first-order chi connectivity index (χ1) is 8.24. The summed E-state index contributed by atoms with van der Waals surface area (Å²) in [5.41, 5.74) is -0.530. The van der Waals surface area contributed by atoms with Gasteiger partial charge in [0, 0.05) is 13.2 Å². The number of hydrogen-bond acceptors (Lipinski definition) is 3. The number of urea groups is 1. The molecule has 0 aromatic rings. The molecule has 1 aliphatic carbocycles. The number of carbonyl (C=O) groups is 2. The summed E-state index contributed by atoms with van der Waals surface area (Å²) < 4.78 is 5.11. The minimum atomic E-state index is -1.03. The molecule has 1 atom stereocenters. The van der Waals surface area contributed by atoms with Crippen molar-refractivity contribution in [3.05, 3.63) is 0 Å². The molecular formula is C12H22N2O4. The number of carboxylic acid groups (broad SMARTS) is 1. The van der Waals surface area contributed by atoms with Crippen LogP contribution in [-0.2, 0) is 9.53 Å². The lowest BCUT2D eigenvalue weighted by molar-refractivity contribution is -0.141. The molecule has 6 heteroatoms. The third kappa shape index (κ3) is 3.87. The van der Waals surface area contributed by atoms with Gasteiger partial charge in [-0.3, -0.25) is 0 Å². The molecule has 1 saturated carbocycles. The first-order valence-corrected chi connectivity index (χ1v) is 6.06. The van der Waals surface area contributed by atoms with Crippen LogP contribution >= 0.6 is 0 Å². The minimum Gasteiger partial charge on any atom is -0.480 e. The molecule has 0 bridgehead atoms. The summed E-state index contributed by atoms with van der Waals surface area (Å²) in [6.07, 6.45) is 1.75. The summed E-state index contributed by atoms with van der Waals surface area (Å²) >= 11 is 0. The van der Waals surface area contributed by atoms with E-state index in [2.05, 4.69) is 10.6 Å². The van der Waals surface area contributed by atoms with Crippen molar-refractivity contribution < 1.29 is 19.4 Å². The number of amides is 2. The van der Waals surface area contributed by atoms with E-state index < -0.39 is 23.5 Å². The van der Waals surface area contributed by atoms with Crippen LogP contribution in [0.15, 0.2) is 0 Å². The zero-order valence-electron chi connectivity index (χ0n) is 11.3. The molecule has 104 valence electrons. The molecule has 0 spiro atoms. The molecule has 0 heterocycles. The van der Waals surface area contributed by atoms with Gasteiger partial charge in [-0.1, -0.05) is 20.8 Å². The largest absolute Gasteiger partial charge is 0.480 e. The number of hydrogen-bond donors (Lipinski definition) is 3. The van der Waals surface area contributed by atoms with Crippen LogP contribution in [0.2, 0.25) is 0 Å². The van der Waals surface area contributed by atoms with E-state index in [1.165, 1.54) is 0 Å². The fraction of sp³-hybridized carbons (Fsp3) is 0.833. The molecule has 1 rings (SSSR count). The van der Waals surface area contributed by atoms with Gasteiger partial charge in [0.05, 0.1) is 6.10 Å². The van der Waals surface area contributed by atoms with Crippen LogP contribution in [0, 0.1) is 5.41 Å². The molecule has 0 aromatic heterocycles. The molecule has 0 saturated heterocycles. The van der Waals surface area contributed by atoms with Gasteiger partial charge in [-0.05, 0) is 18.3 Å². The fourth-order valence-electron chi connectivity index (χ4n) is 1.88. The topological polar surface area (TPSA) is 87.7 Å². The number of ether oxygens (including phenoxy) is 1. The van der Waals surface area contributed by atoms with E-state index in [0.29, 0.717) is 0 Å². The maximum atomic E-state index is 11.7. The summed E-state index contributed by atoms with van der Waals surface area (Å²) in [7, 11) is 1.64. The Bertz CT molecular complexity index is 319. The van der Waals surface area contributed by atoms with Crippen molar-refractivity contribution in [1.29, 1.82) is 0 Å². The van der Waals surface area contributed by atoms with E-state index in [9.17, 15) is 9.59 Å². The standard InChI is InChI=1S/C12H22N2O4/c1-12(2,3)9(10(15)16)14-11(17)13-7-5-8(6-7)18-4/h7-9H,5-6H2,1-4H3,(H,15,16)(H2,13,14,17)/t7?,8?,9-/m0/s1. The van der Waals surface area contributed by atoms with Gasteiger partial charge in [-0.15, -0.1) is 0 Å². The number of rotatable bonds is 4. The van der Waals surface area contributed by atoms with Gasteiger partial charge in [0.2, 0.25) is 0 Å². The predicted octanol–water partition coefficient (Wildman–Crippen LogP) is 0.962. The van der Waals surface area contributed by atoms with E-state index in [1.807, 2.05) is 0 Å². The van der Waals surface area contributed by atoms with Crippen LogP contribution in [0.5, 0.6) is 0 Å². The monoisotopic (exact) mass is 258 g/mol. The van der Waals surface area contributed by atoms with Gasteiger partial charge in [-0.2, -0.15) is 0 Å². The Balaban J connectivity index is 2.41. The van der Waals surface area contributed by atoms with Crippen LogP contribution < -0.4 is 10.6 Å². The molecule has 18 heavy (non-hydrogen) atoms. The van der Waals surface area contributed by atoms with E-state index in [4.69, 9.17) is 9.84 Å². The van der Waals surface area contributed by atoms with Gasteiger partial charge in [-0.25, -0.2) is 9.59 Å². The van der Waals surface area contributed by atoms with Crippen molar-refractivity contribution in [2.45, 2.75) is 51.8 Å². The minimum absolute atomic E-state index is 0.0735. The number of nitrogens with one attached hydrogen (secondary N) is 2. The van der Waals surface area contributed by atoms with Crippen LogP contribution in [0.4, 0.5) is 4.79 Å². The van der Waals surface area contributed by atoms with E-state index in [-0.39, 0.29) is 12.1 Å². The highest BCUT2D eigenvalue weighted by Gasteiger charge is 2.35. The number of carboxylic acids is 1. The molecule has 0 radical (unpaired) electrons. The maximum absolute atomic E-state index is 11.7. The van der Waals surface area contributed by atoms with E-state index in [0.717, 1.165) is 12.8 Å². The van der Waals surface area contributed by atoms with Crippen LogP contribution in [0.25, 0.3) is 0 Å². The van der Waals surface area contributed by atoms with Crippen molar-refractivity contribution in [2.24, 2.45) is 5.41 Å². The summed E-state index contributed by atoms with van der Waals surface area (Å²) in [6, 6.07) is -1.27. The number of carbonyl (C=O) groups excluding carboxylic acids is 1. The molecule has 0 aliphatic heterocycles. The zero-order chi connectivity index (χ0) is 13.9. The van der Waals surface area contributed by atoms with Crippen LogP contribution in [0.3, 0.4) is 0 Å². The predicted molar refractivity (Wildman–Crippen MR) is 66.4 cm³/mol. The van der Waals surface area contributed by atoms with Crippen molar-refractivity contribution in [3.63, 3.8) is 0 Å². The van der Waals surface area contributed by atoms with E-state index in [1.54, 1.807) is 27.9 Å². The molecule has 0 aromatic carbocycles. The van der Waals surface area contributed by atoms with Crippen LogP contribution in [0.1, 0.15) is 33.6 Å². The SMILES string of the molecule is COC1CC(NC(=O)N[C@@H](C(=O)O)C(C)(C)C)C1. The lowest BCUT2D eigenvalue weighted by Gasteiger charge is -2.35. The first kappa shape index (κ1) is 14.8. The van der Waals surface area contributed by atoms with Crippen LogP contribution in [-0.4, -0.2) is 42.4 Å². The Hall–Kier alpha value is -1.30. The maximum Gasteiger partial charge on any atom is 0.326 e. The molecule has 1 fully saturated rings. The Morgan fingerprint density at radius 1 is 1.33 bits per heavy atom. The summed E-state index contributed by atoms with van der Waals surface area (Å²) in [5, 5.41) is 14.3. The third-order valence-electron chi connectivity index (χ3n) is 3.15. The molecule has 1 aliphatic rings. The second-order valence-corrected chi connectivity index (χ2v) is 5.78. The summed E-state index contributed by atoms with van der Waals surface area (Å²) in [6.45, 7) is 5.32. The Morgan fingerprint density at radius 3 is 2.28 bits per heavy atom. The second-order valence-electron chi connectivity index (χ2n) is 5.78. The quantitative estimate of drug-likeness (QED) is 0.701. The lowest BCUT2D eigenvalue weighted by atomic mass is 9.86.